The minimum absolute atomic E-state index is 0.275. The van der Waals surface area contributed by atoms with Crippen LogP contribution >= 0.6 is 0 Å². The third kappa shape index (κ3) is 3.36. The van der Waals surface area contributed by atoms with E-state index in [1.54, 1.807) is 7.11 Å². The Kier molecular flexibility index (Phi) is 5.30. The Morgan fingerprint density at radius 1 is 1.35 bits per heavy atom. The van der Waals surface area contributed by atoms with Crippen molar-refractivity contribution in [3.63, 3.8) is 0 Å². The van der Waals surface area contributed by atoms with Crippen LogP contribution in [0.25, 0.3) is 6.08 Å². The Labute approximate surface area is 101 Å². The zero-order chi connectivity index (χ0) is 12.7. The van der Waals surface area contributed by atoms with Crippen molar-refractivity contribution in [3.05, 3.63) is 41.0 Å². The Bertz CT molecular complexity index is 421. The van der Waals surface area contributed by atoms with Gasteiger partial charge in [-0.3, -0.25) is 4.79 Å². The van der Waals surface area contributed by atoms with E-state index in [1.807, 2.05) is 31.1 Å². The first-order valence-corrected chi connectivity index (χ1v) is 5.42. The fourth-order valence-electron chi connectivity index (χ4n) is 1.86. The van der Waals surface area contributed by atoms with Crippen LogP contribution in [-0.4, -0.2) is 26.3 Å². The maximum atomic E-state index is 11.4. The highest BCUT2D eigenvalue weighted by molar-refractivity contribution is 6.00. The number of methoxy groups -OCH3 is 1. The predicted octanol–water partition coefficient (Wildman–Crippen LogP) is 2.29. The molecule has 0 atom stereocenters. The van der Waals surface area contributed by atoms with E-state index in [-0.39, 0.29) is 5.78 Å². The molecule has 2 rings (SSSR count). The Hall–Kier alpha value is -1.74. The predicted molar refractivity (Wildman–Crippen MR) is 67.1 cm³/mol. The van der Waals surface area contributed by atoms with Crippen LogP contribution in [0.3, 0.4) is 0 Å². The number of ketones is 1. The molecule has 1 aliphatic carbocycles. The van der Waals surface area contributed by atoms with Crippen LogP contribution in [0.1, 0.15) is 27.9 Å². The maximum absolute atomic E-state index is 11.4. The van der Waals surface area contributed by atoms with Gasteiger partial charge in [-0.15, -0.1) is 0 Å². The first-order valence-electron chi connectivity index (χ1n) is 5.42. The van der Waals surface area contributed by atoms with Crippen LogP contribution < -0.4 is 0 Å². The van der Waals surface area contributed by atoms with E-state index in [4.69, 9.17) is 9.53 Å². The lowest BCUT2D eigenvalue weighted by molar-refractivity contribution is -0.0979. The molecule has 3 heteroatoms. The van der Waals surface area contributed by atoms with Gasteiger partial charge in [-0.25, -0.2) is 0 Å². The summed E-state index contributed by atoms with van der Waals surface area (Å²) in [7, 11) is 1.67. The largest absolute Gasteiger partial charge is 0.381 e. The first kappa shape index (κ1) is 13.3. The molecule has 0 aliphatic heterocycles. The zero-order valence-electron chi connectivity index (χ0n) is 9.94. The van der Waals surface area contributed by atoms with Crippen molar-refractivity contribution in [2.24, 2.45) is 0 Å². The van der Waals surface area contributed by atoms with E-state index in [0.717, 1.165) is 17.5 Å². The molecule has 0 spiro atoms. The molecular weight excluding hydrogens is 216 g/mol. The van der Waals surface area contributed by atoms with E-state index < -0.39 is 0 Å². The normalized spacial score (nSPS) is 13.4. The van der Waals surface area contributed by atoms with Gasteiger partial charge < -0.3 is 9.53 Å². The summed E-state index contributed by atoms with van der Waals surface area (Å²) in [5.74, 6) is 0.275. The Morgan fingerprint density at radius 2 is 2.12 bits per heavy atom. The quantitative estimate of drug-likeness (QED) is 0.803. The topological polar surface area (TPSA) is 43.4 Å². The molecular formula is C14H16O3. The summed E-state index contributed by atoms with van der Waals surface area (Å²) in [5.41, 5.74) is 3.22. The second kappa shape index (κ2) is 6.76. The number of carbonyl (C=O) groups is 2. The molecule has 17 heavy (non-hydrogen) atoms. The highest BCUT2D eigenvalue weighted by Crippen LogP contribution is 2.23. The van der Waals surface area contributed by atoms with E-state index >= 15 is 0 Å². The molecule has 0 heterocycles. The average Bonchev–Trinajstić information content (AvgIpc) is 2.74. The lowest BCUT2D eigenvalue weighted by Gasteiger charge is -1.99. The molecule has 0 saturated heterocycles. The van der Waals surface area contributed by atoms with Crippen molar-refractivity contribution in [3.8, 4) is 0 Å². The first-order chi connectivity index (χ1) is 8.31. The number of hydrogen-bond acceptors (Lipinski definition) is 3. The van der Waals surface area contributed by atoms with Crippen LogP contribution in [0.15, 0.2) is 24.3 Å². The van der Waals surface area contributed by atoms with Crippen molar-refractivity contribution in [1.82, 2.24) is 0 Å². The minimum atomic E-state index is 0.275. The fourth-order valence-corrected chi connectivity index (χ4v) is 1.86. The highest BCUT2D eigenvalue weighted by atomic mass is 16.5. The second-order valence-electron chi connectivity index (χ2n) is 3.70. The lowest BCUT2D eigenvalue weighted by atomic mass is 10.1. The second-order valence-corrected chi connectivity index (χ2v) is 3.70. The fraction of sp³-hybridized carbons (Fsp3) is 0.286. The summed E-state index contributed by atoms with van der Waals surface area (Å²) < 4.78 is 4.93. The van der Waals surface area contributed by atoms with Crippen LogP contribution in [-0.2, 0) is 16.0 Å². The van der Waals surface area contributed by atoms with Crippen LogP contribution in [0, 0.1) is 0 Å². The summed E-state index contributed by atoms with van der Waals surface area (Å²) in [6.45, 7) is 2.62. The van der Waals surface area contributed by atoms with Crippen LogP contribution in [0.5, 0.6) is 0 Å². The van der Waals surface area contributed by atoms with Crippen molar-refractivity contribution in [2.45, 2.75) is 12.8 Å². The highest BCUT2D eigenvalue weighted by Gasteiger charge is 2.18. The monoisotopic (exact) mass is 232 g/mol. The minimum Gasteiger partial charge on any atom is -0.381 e. The van der Waals surface area contributed by atoms with Crippen molar-refractivity contribution in [1.29, 1.82) is 0 Å². The number of benzene rings is 1. The molecule has 3 nitrogen and oxygen atoms in total. The molecule has 1 aliphatic rings. The molecule has 1 aromatic rings. The maximum Gasteiger partial charge on any atom is 0.163 e. The number of carbonyl (C=O) groups excluding carboxylic acids is 2. The summed E-state index contributed by atoms with van der Waals surface area (Å²) in [6.07, 6.45) is 5.55. The zero-order valence-corrected chi connectivity index (χ0v) is 9.94. The molecule has 0 saturated carbocycles. The van der Waals surface area contributed by atoms with Crippen molar-refractivity contribution >= 4 is 18.6 Å². The molecule has 0 N–H and O–H groups in total. The van der Waals surface area contributed by atoms with Gasteiger partial charge in [0.05, 0.1) is 6.61 Å². The van der Waals surface area contributed by atoms with E-state index in [1.165, 1.54) is 5.56 Å². The molecule has 0 aromatic heterocycles. The van der Waals surface area contributed by atoms with Crippen LogP contribution in [0.4, 0.5) is 0 Å². The average molecular weight is 232 g/mol. The van der Waals surface area contributed by atoms with Gasteiger partial charge in [0.2, 0.25) is 0 Å². The third-order valence-corrected chi connectivity index (χ3v) is 2.62. The Morgan fingerprint density at radius 3 is 2.82 bits per heavy atom. The van der Waals surface area contributed by atoms with Gasteiger partial charge in [0.25, 0.3) is 0 Å². The SMILES string of the molecule is C=O.COC/C=C/c1ccc2c(c1)CCC2=O. The summed E-state index contributed by atoms with van der Waals surface area (Å²) in [4.78, 5) is 19.4. The number of aryl methyl sites for hydroxylation is 1. The molecule has 0 radical (unpaired) electrons. The summed E-state index contributed by atoms with van der Waals surface area (Å²) in [6, 6.07) is 6.00. The standard InChI is InChI=1S/C13H14O2.CH2O/c1-15-8-2-3-10-4-6-12-11(9-10)5-7-13(12)14;1-2/h2-4,6,9H,5,7-8H2,1H3;1H2/b3-2+;. The third-order valence-electron chi connectivity index (χ3n) is 2.62. The van der Waals surface area contributed by atoms with Gasteiger partial charge in [-0.1, -0.05) is 30.4 Å². The number of Topliss-reactive ketones (excluding diaryl/α,β-unsaturated/α-hetero) is 1. The number of rotatable bonds is 3. The lowest BCUT2D eigenvalue weighted by Crippen LogP contribution is -1.90. The molecule has 0 amide bonds. The molecule has 0 fully saturated rings. The number of fused-ring (bicyclic) bond motifs is 1. The molecule has 0 unspecified atom stereocenters. The van der Waals surface area contributed by atoms with Gasteiger partial charge >= 0.3 is 0 Å². The number of ether oxygens (including phenoxy) is 1. The van der Waals surface area contributed by atoms with Gasteiger partial charge in [0.15, 0.2) is 5.78 Å². The molecule has 1 aromatic carbocycles. The summed E-state index contributed by atoms with van der Waals surface area (Å²) in [5, 5.41) is 0. The Balaban J connectivity index is 0.000000686. The number of hydrogen-bond donors (Lipinski definition) is 0. The van der Waals surface area contributed by atoms with E-state index in [2.05, 4.69) is 6.07 Å². The van der Waals surface area contributed by atoms with Gasteiger partial charge in [0.1, 0.15) is 6.79 Å². The molecule has 90 valence electrons. The summed E-state index contributed by atoms with van der Waals surface area (Å²) >= 11 is 0. The van der Waals surface area contributed by atoms with Crippen molar-refractivity contribution in [2.75, 3.05) is 13.7 Å². The molecule has 0 bridgehead atoms. The van der Waals surface area contributed by atoms with Crippen LogP contribution in [0.2, 0.25) is 0 Å². The van der Waals surface area contributed by atoms with Gasteiger partial charge in [-0.2, -0.15) is 0 Å². The van der Waals surface area contributed by atoms with E-state index in [9.17, 15) is 4.79 Å². The van der Waals surface area contributed by atoms with Gasteiger partial charge in [-0.05, 0) is 17.5 Å². The van der Waals surface area contributed by atoms with Crippen molar-refractivity contribution < 1.29 is 14.3 Å². The van der Waals surface area contributed by atoms with Gasteiger partial charge in [0, 0.05) is 19.1 Å². The van der Waals surface area contributed by atoms with E-state index in [0.29, 0.717) is 13.0 Å². The smallest absolute Gasteiger partial charge is 0.163 e.